The van der Waals surface area contributed by atoms with Crippen LogP contribution in [0.15, 0.2) is 58.5 Å². The summed E-state index contributed by atoms with van der Waals surface area (Å²) in [6, 6.07) is 13.0. The van der Waals surface area contributed by atoms with Crippen molar-refractivity contribution in [3.63, 3.8) is 0 Å². The van der Waals surface area contributed by atoms with E-state index in [4.69, 9.17) is 0 Å². The average molecular weight is 404 g/mol. The summed E-state index contributed by atoms with van der Waals surface area (Å²) in [6.45, 7) is 2.10. The Morgan fingerprint density at radius 3 is 2.50 bits per heavy atom. The molecule has 0 unspecified atom stereocenters. The van der Waals surface area contributed by atoms with Crippen molar-refractivity contribution in [3.05, 3.63) is 64.2 Å². The molecule has 0 aromatic heterocycles. The van der Waals surface area contributed by atoms with Crippen LogP contribution in [0.3, 0.4) is 0 Å². The van der Waals surface area contributed by atoms with Gasteiger partial charge in [0.25, 0.3) is 5.69 Å². The maximum absolute atomic E-state index is 13.1. The third-order valence-electron chi connectivity index (χ3n) is 4.57. The number of nitrogens with one attached hydrogen (secondary N) is 2. The van der Waals surface area contributed by atoms with Crippen LogP contribution in [0.4, 0.5) is 11.4 Å². The Bertz CT molecular complexity index is 971. The topological polar surface area (TPSA) is 109 Å². The summed E-state index contributed by atoms with van der Waals surface area (Å²) in [5.74, 6) is 0. The second-order valence-corrected chi connectivity index (χ2v) is 8.49. The van der Waals surface area contributed by atoms with Crippen LogP contribution in [0.1, 0.15) is 5.56 Å². The molecule has 9 nitrogen and oxygen atoms in total. The van der Waals surface area contributed by atoms with Gasteiger partial charge in [-0.1, -0.05) is 30.3 Å². The highest BCUT2D eigenvalue weighted by Gasteiger charge is 2.32. The molecule has 1 aliphatic heterocycles. The number of nitro groups is 1. The largest absolute Gasteiger partial charge is 0.335 e. The number of rotatable bonds is 6. The van der Waals surface area contributed by atoms with Gasteiger partial charge in [0, 0.05) is 12.1 Å². The molecule has 2 aromatic carbocycles. The quantitative estimate of drug-likeness (QED) is 0.415. The summed E-state index contributed by atoms with van der Waals surface area (Å²) >= 11 is 0. The van der Waals surface area contributed by atoms with Crippen LogP contribution in [0.25, 0.3) is 0 Å². The molecule has 28 heavy (non-hydrogen) atoms. The van der Waals surface area contributed by atoms with Crippen molar-refractivity contribution < 1.29 is 18.2 Å². The third-order valence-corrected chi connectivity index (χ3v) is 6.51. The maximum atomic E-state index is 13.1. The number of nitro benzene ring substituents is 1. The molecule has 148 valence electrons. The van der Waals surface area contributed by atoms with Gasteiger partial charge in [-0.25, -0.2) is 8.42 Å². The van der Waals surface area contributed by atoms with Crippen LogP contribution in [0.5, 0.6) is 0 Å². The summed E-state index contributed by atoms with van der Waals surface area (Å²) in [5.41, 5.74) is 3.47. The van der Waals surface area contributed by atoms with Crippen LogP contribution < -0.4 is 10.3 Å². The van der Waals surface area contributed by atoms with Gasteiger partial charge in [0.15, 0.2) is 0 Å². The number of sulfonamides is 1. The van der Waals surface area contributed by atoms with Gasteiger partial charge in [0.1, 0.15) is 4.90 Å². The predicted octanol–water partition coefficient (Wildman–Crippen LogP) is 0.560. The molecule has 0 amide bonds. The molecule has 2 N–H and O–H groups in total. The molecular weight excluding hydrogens is 382 g/mol. The Balaban J connectivity index is 1.92. The molecule has 0 aliphatic carbocycles. The number of anilines is 1. The zero-order valence-electron chi connectivity index (χ0n) is 15.4. The maximum Gasteiger partial charge on any atom is 0.270 e. The second kappa shape index (κ2) is 8.46. The molecule has 1 fully saturated rings. The van der Waals surface area contributed by atoms with Gasteiger partial charge in [-0.15, -0.1) is 0 Å². The highest BCUT2D eigenvalue weighted by atomic mass is 32.2. The third kappa shape index (κ3) is 4.53. The first kappa shape index (κ1) is 19.9. The van der Waals surface area contributed by atoms with E-state index in [2.05, 4.69) is 10.5 Å². The van der Waals surface area contributed by atoms with Crippen molar-refractivity contribution >= 4 is 27.6 Å². The van der Waals surface area contributed by atoms with E-state index in [1.54, 1.807) is 6.21 Å². The zero-order valence-corrected chi connectivity index (χ0v) is 16.2. The van der Waals surface area contributed by atoms with Crippen molar-refractivity contribution in [2.45, 2.75) is 4.90 Å². The molecule has 0 radical (unpaired) electrons. The lowest BCUT2D eigenvalue weighted by molar-refractivity contribution is -0.883. The number of benzene rings is 2. The van der Waals surface area contributed by atoms with E-state index in [9.17, 15) is 18.5 Å². The first-order valence-corrected chi connectivity index (χ1v) is 10.3. The van der Waals surface area contributed by atoms with Crippen LogP contribution in [-0.4, -0.2) is 57.1 Å². The molecular formula is C18H22N5O4S+. The lowest BCUT2D eigenvalue weighted by Gasteiger charge is -2.29. The summed E-state index contributed by atoms with van der Waals surface area (Å²) in [7, 11) is -1.89. The van der Waals surface area contributed by atoms with Crippen LogP contribution >= 0.6 is 0 Å². The highest BCUT2D eigenvalue weighted by Crippen LogP contribution is 2.29. The SMILES string of the molecule is C[NH+]1CCN(S(=O)(=O)c2cc([N+](=O)[O-])ccc2N/N=C\c2ccccc2)CC1. The fraction of sp³-hybridized carbons (Fsp3) is 0.278. The highest BCUT2D eigenvalue weighted by molar-refractivity contribution is 7.89. The molecule has 0 spiro atoms. The van der Waals surface area contributed by atoms with E-state index in [0.717, 1.165) is 11.6 Å². The fourth-order valence-corrected chi connectivity index (χ4v) is 4.50. The molecule has 10 heteroatoms. The second-order valence-electron chi connectivity index (χ2n) is 6.58. The van der Waals surface area contributed by atoms with Crippen molar-refractivity contribution in [3.8, 4) is 0 Å². The Kier molecular flexibility index (Phi) is 6.02. The van der Waals surface area contributed by atoms with E-state index in [1.165, 1.54) is 21.3 Å². The Hall–Kier alpha value is -2.82. The summed E-state index contributed by atoms with van der Waals surface area (Å²) in [6.07, 6.45) is 1.55. The van der Waals surface area contributed by atoms with E-state index in [1.807, 2.05) is 37.4 Å². The van der Waals surface area contributed by atoms with E-state index >= 15 is 0 Å². The zero-order chi connectivity index (χ0) is 20.1. The minimum atomic E-state index is -3.89. The molecule has 2 aromatic rings. The van der Waals surface area contributed by atoms with Crippen LogP contribution in [-0.2, 0) is 10.0 Å². The average Bonchev–Trinajstić information content (AvgIpc) is 2.69. The van der Waals surface area contributed by atoms with Crippen molar-refractivity contribution in [1.82, 2.24) is 4.31 Å². The Morgan fingerprint density at radius 2 is 1.86 bits per heavy atom. The first-order valence-electron chi connectivity index (χ1n) is 8.82. The van der Waals surface area contributed by atoms with Crippen molar-refractivity contribution in [2.24, 2.45) is 5.10 Å². The lowest BCUT2D eigenvalue weighted by atomic mass is 10.2. The molecule has 3 rings (SSSR count). The van der Waals surface area contributed by atoms with Gasteiger partial charge in [0.05, 0.1) is 50.1 Å². The van der Waals surface area contributed by atoms with E-state index in [-0.39, 0.29) is 16.3 Å². The van der Waals surface area contributed by atoms with Gasteiger partial charge in [-0.05, 0) is 11.6 Å². The first-order chi connectivity index (χ1) is 13.4. The minimum absolute atomic E-state index is 0.147. The predicted molar refractivity (Wildman–Crippen MR) is 106 cm³/mol. The van der Waals surface area contributed by atoms with E-state index < -0.39 is 14.9 Å². The number of piperazine rings is 1. The number of likely N-dealkylation sites (N-methyl/N-ethyl adjacent to an activating group) is 1. The number of nitrogens with zero attached hydrogens (tertiary/aromatic N) is 3. The van der Waals surface area contributed by atoms with Gasteiger partial charge >= 0.3 is 0 Å². The summed E-state index contributed by atoms with van der Waals surface area (Å²) < 4.78 is 27.6. The molecule has 0 atom stereocenters. The smallest absolute Gasteiger partial charge is 0.270 e. The molecule has 1 heterocycles. The number of hydrogen-bond donors (Lipinski definition) is 2. The van der Waals surface area contributed by atoms with E-state index in [0.29, 0.717) is 26.2 Å². The van der Waals surface area contributed by atoms with Crippen LogP contribution in [0.2, 0.25) is 0 Å². The molecule has 1 aliphatic rings. The Morgan fingerprint density at radius 1 is 1.18 bits per heavy atom. The molecule has 0 saturated carbocycles. The number of hydrogen-bond acceptors (Lipinski definition) is 6. The van der Waals surface area contributed by atoms with Crippen LogP contribution in [0, 0.1) is 10.1 Å². The monoisotopic (exact) mass is 404 g/mol. The lowest BCUT2D eigenvalue weighted by Crippen LogP contribution is -3.12. The van der Waals surface area contributed by atoms with Crippen molar-refractivity contribution in [2.75, 3.05) is 38.7 Å². The van der Waals surface area contributed by atoms with Crippen molar-refractivity contribution in [1.29, 1.82) is 0 Å². The number of non-ortho nitro benzene ring substituents is 1. The van der Waals surface area contributed by atoms with Gasteiger partial charge in [-0.2, -0.15) is 9.41 Å². The molecule has 1 saturated heterocycles. The number of hydrazone groups is 1. The molecule has 0 bridgehead atoms. The fourth-order valence-electron chi connectivity index (χ4n) is 2.89. The van der Waals surface area contributed by atoms with Gasteiger partial charge in [-0.3, -0.25) is 15.5 Å². The normalized spacial score (nSPS) is 16.3. The standard InChI is InChI=1S/C18H21N5O4S/c1-21-9-11-22(12-10-21)28(26,27)18-13-16(23(24)25)7-8-17(18)20-19-14-15-5-3-2-4-6-15/h2-8,13-14,20H,9-12H2,1H3/p+1/b19-14-. The summed E-state index contributed by atoms with van der Waals surface area (Å²) in [5, 5.41) is 15.2. The number of quaternary nitrogens is 1. The van der Waals surface area contributed by atoms with Gasteiger partial charge in [0.2, 0.25) is 10.0 Å². The summed E-state index contributed by atoms with van der Waals surface area (Å²) in [4.78, 5) is 11.6. The Labute approximate surface area is 163 Å². The minimum Gasteiger partial charge on any atom is -0.335 e. The van der Waals surface area contributed by atoms with Gasteiger partial charge < -0.3 is 4.90 Å².